The summed E-state index contributed by atoms with van der Waals surface area (Å²) < 4.78 is 0. The van der Waals surface area contributed by atoms with E-state index in [1.54, 1.807) is 0 Å². The normalized spacial score (nSPS) is 17.0. The lowest BCUT2D eigenvalue weighted by Crippen LogP contribution is -1.93. The van der Waals surface area contributed by atoms with E-state index in [-0.39, 0.29) is 0 Å². The van der Waals surface area contributed by atoms with Crippen LogP contribution in [-0.4, -0.2) is 12.2 Å². The minimum Gasteiger partial charge on any atom is -0.400 e. The van der Waals surface area contributed by atoms with Crippen LogP contribution in [0, 0.1) is 5.92 Å². The second kappa shape index (κ2) is 9.86. The number of hydrogen-bond donors (Lipinski definition) is 1. The van der Waals surface area contributed by atoms with E-state index in [1.807, 2.05) is 13.8 Å². The Morgan fingerprint density at radius 1 is 1.06 bits per heavy atom. The summed E-state index contributed by atoms with van der Waals surface area (Å²) in [6.45, 7) is 6.24. The van der Waals surface area contributed by atoms with Gasteiger partial charge in [0, 0.05) is 7.11 Å². The molecule has 2 rings (SSSR count). The van der Waals surface area contributed by atoms with Crippen LogP contribution in [0.2, 0.25) is 0 Å². The van der Waals surface area contributed by atoms with Gasteiger partial charge >= 0.3 is 0 Å². The predicted octanol–water partition coefficient (Wildman–Crippen LogP) is 4.30. The topological polar surface area (TPSA) is 20.2 Å². The van der Waals surface area contributed by atoms with E-state index in [1.165, 1.54) is 17.6 Å². The molecule has 17 heavy (non-hydrogen) atoms. The van der Waals surface area contributed by atoms with Gasteiger partial charge < -0.3 is 5.11 Å². The van der Waals surface area contributed by atoms with Gasteiger partial charge in [0.2, 0.25) is 0 Å². The highest BCUT2D eigenvalue weighted by molar-refractivity contribution is 5.74. The molecule has 0 amide bonds. The molecule has 94 valence electrons. The average Bonchev–Trinajstić information content (AvgIpc) is 2.45. The van der Waals surface area contributed by atoms with Crippen molar-refractivity contribution < 1.29 is 5.11 Å². The minimum atomic E-state index is 0.701. The fourth-order valence-corrected chi connectivity index (χ4v) is 1.57. The molecule has 1 N–H and O–H groups in total. The maximum Gasteiger partial charge on any atom is 0.0319 e. The van der Waals surface area contributed by atoms with Crippen LogP contribution in [0.1, 0.15) is 32.8 Å². The van der Waals surface area contributed by atoms with Gasteiger partial charge in [-0.2, -0.15) is 0 Å². The molecule has 1 aromatic carbocycles. The van der Waals surface area contributed by atoms with Crippen LogP contribution in [0.3, 0.4) is 0 Å². The zero-order valence-corrected chi connectivity index (χ0v) is 11.4. The summed E-state index contributed by atoms with van der Waals surface area (Å²) in [7, 11) is 1.00. The van der Waals surface area contributed by atoms with E-state index in [2.05, 4.69) is 55.5 Å². The molecule has 0 bridgehead atoms. The third-order valence-electron chi connectivity index (χ3n) is 2.42. The smallest absolute Gasteiger partial charge is 0.0319 e. The van der Waals surface area contributed by atoms with E-state index < -0.39 is 0 Å². The van der Waals surface area contributed by atoms with Gasteiger partial charge in [0.05, 0.1) is 0 Å². The Balaban J connectivity index is 0.000000581. The van der Waals surface area contributed by atoms with Gasteiger partial charge in [-0.15, -0.1) is 0 Å². The van der Waals surface area contributed by atoms with Gasteiger partial charge in [0.25, 0.3) is 0 Å². The monoisotopic (exact) mass is 232 g/mol. The van der Waals surface area contributed by atoms with E-state index in [9.17, 15) is 0 Å². The first-order chi connectivity index (χ1) is 8.36. The van der Waals surface area contributed by atoms with Crippen LogP contribution in [0.15, 0.2) is 48.6 Å². The van der Waals surface area contributed by atoms with Crippen molar-refractivity contribution in [2.24, 2.45) is 5.92 Å². The van der Waals surface area contributed by atoms with E-state index in [0.29, 0.717) is 5.92 Å². The Hall–Kier alpha value is -1.34. The second-order valence-corrected chi connectivity index (χ2v) is 3.60. The van der Waals surface area contributed by atoms with Crippen LogP contribution in [0.5, 0.6) is 0 Å². The van der Waals surface area contributed by atoms with Crippen molar-refractivity contribution in [2.75, 3.05) is 7.11 Å². The molecule has 0 saturated heterocycles. The lowest BCUT2D eigenvalue weighted by atomic mass is 9.94. The first kappa shape index (κ1) is 15.7. The molecule has 1 unspecified atom stereocenters. The lowest BCUT2D eigenvalue weighted by Gasteiger charge is -2.11. The Morgan fingerprint density at radius 2 is 1.65 bits per heavy atom. The van der Waals surface area contributed by atoms with Gasteiger partial charge in [-0.25, -0.2) is 0 Å². The molecule has 0 spiro atoms. The first-order valence-electron chi connectivity index (χ1n) is 6.25. The Kier molecular flexibility index (Phi) is 9.08. The van der Waals surface area contributed by atoms with Crippen LogP contribution < -0.4 is 0 Å². The fourth-order valence-electron chi connectivity index (χ4n) is 1.57. The van der Waals surface area contributed by atoms with Crippen molar-refractivity contribution in [3.63, 3.8) is 0 Å². The van der Waals surface area contributed by atoms with E-state index >= 15 is 0 Å². The van der Waals surface area contributed by atoms with Crippen molar-refractivity contribution in [3.05, 3.63) is 54.1 Å². The molecule has 1 atom stereocenters. The summed E-state index contributed by atoms with van der Waals surface area (Å²) in [5.41, 5.74) is 2.68. The van der Waals surface area contributed by atoms with Crippen LogP contribution in [0.4, 0.5) is 0 Å². The minimum absolute atomic E-state index is 0.701. The van der Waals surface area contributed by atoms with Gasteiger partial charge in [-0.05, 0) is 23.5 Å². The number of allylic oxidation sites excluding steroid dienone is 4. The molecule has 1 heteroatoms. The second-order valence-electron chi connectivity index (χ2n) is 3.60. The number of benzene rings is 1. The molecular weight excluding hydrogens is 208 g/mol. The molecular formula is C16H24O. The van der Waals surface area contributed by atoms with Crippen molar-refractivity contribution in [1.82, 2.24) is 0 Å². The van der Waals surface area contributed by atoms with Crippen molar-refractivity contribution in [1.29, 1.82) is 0 Å². The fraction of sp³-hybridized carbons (Fsp3) is 0.375. The summed E-state index contributed by atoms with van der Waals surface area (Å²) in [5, 5.41) is 7.00. The summed E-state index contributed by atoms with van der Waals surface area (Å²) >= 11 is 0. The van der Waals surface area contributed by atoms with Crippen LogP contribution in [-0.2, 0) is 0 Å². The number of rotatable bonds is 1. The summed E-state index contributed by atoms with van der Waals surface area (Å²) in [6.07, 6.45) is 7.99. The predicted molar refractivity (Wildman–Crippen MR) is 76.8 cm³/mol. The SMILES string of the molecule is CC.CC1C=CC(c2ccccc2)=CC1.CO. The Labute approximate surface area is 106 Å². The molecule has 0 radical (unpaired) electrons. The number of aliphatic hydroxyl groups is 1. The molecule has 0 heterocycles. The summed E-state index contributed by atoms with van der Waals surface area (Å²) in [6, 6.07) is 10.5. The molecule has 0 fully saturated rings. The Morgan fingerprint density at radius 3 is 2.12 bits per heavy atom. The van der Waals surface area contributed by atoms with Crippen molar-refractivity contribution >= 4 is 5.57 Å². The zero-order valence-electron chi connectivity index (χ0n) is 11.4. The number of aliphatic hydroxyl groups excluding tert-OH is 1. The highest BCUT2D eigenvalue weighted by atomic mass is 16.2. The zero-order chi connectivity index (χ0) is 13.1. The Bertz CT molecular complexity index is 336. The quantitative estimate of drug-likeness (QED) is 0.765. The maximum absolute atomic E-state index is 7.00. The highest BCUT2D eigenvalue weighted by Crippen LogP contribution is 2.23. The van der Waals surface area contributed by atoms with E-state index in [4.69, 9.17) is 5.11 Å². The summed E-state index contributed by atoms with van der Waals surface area (Å²) in [4.78, 5) is 0. The molecule has 1 aromatic rings. The molecule has 0 saturated carbocycles. The largest absolute Gasteiger partial charge is 0.400 e. The van der Waals surface area contributed by atoms with Crippen LogP contribution in [0.25, 0.3) is 5.57 Å². The third kappa shape index (κ3) is 5.50. The summed E-state index contributed by atoms with van der Waals surface area (Å²) in [5.74, 6) is 0.701. The molecule has 0 aromatic heterocycles. The third-order valence-corrected chi connectivity index (χ3v) is 2.42. The van der Waals surface area contributed by atoms with Crippen molar-refractivity contribution in [3.8, 4) is 0 Å². The van der Waals surface area contributed by atoms with Crippen molar-refractivity contribution in [2.45, 2.75) is 27.2 Å². The standard InChI is InChI=1S/C13H14.C2H6.CH4O/c1-11-7-9-13(10-8-11)12-5-3-2-4-6-12;2*1-2/h2-7,9-11H,8H2,1H3;1-2H3;2H,1H3. The van der Waals surface area contributed by atoms with Gasteiger partial charge in [0.1, 0.15) is 0 Å². The number of hydrogen-bond acceptors (Lipinski definition) is 1. The molecule has 1 aliphatic rings. The molecule has 1 nitrogen and oxygen atoms in total. The van der Waals surface area contributed by atoms with Gasteiger partial charge in [0.15, 0.2) is 0 Å². The van der Waals surface area contributed by atoms with Gasteiger partial charge in [-0.3, -0.25) is 0 Å². The molecule has 1 aliphatic carbocycles. The average molecular weight is 232 g/mol. The lowest BCUT2D eigenvalue weighted by molar-refractivity contribution is 0.399. The molecule has 0 aliphatic heterocycles. The van der Waals surface area contributed by atoms with Crippen LogP contribution >= 0.6 is 0 Å². The van der Waals surface area contributed by atoms with Gasteiger partial charge in [-0.1, -0.05) is 69.3 Å². The first-order valence-corrected chi connectivity index (χ1v) is 6.25. The van der Waals surface area contributed by atoms with E-state index in [0.717, 1.165) is 7.11 Å². The maximum atomic E-state index is 7.00. The highest BCUT2D eigenvalue weighted by Gasteiger charge is 2.04.